The topological polar surface area (TPSA) is 94.5 Å². The molecule has 3 aliphatic carbocycles. The smallest absolute Gasteiger partial charge is 0.328 e. The Morgan fingerprint density at radius 3 is 2.47 bits per heavy atom. The second-order valence-corrected chi connectivity index (χ2v) is 14.5. The highest BCUT2D eigenvalue weighted by atomic mass is 35.5. The third kappa shape index (κ3) is 5.86. The number of nitrogens with one attached hydrogen (secondary N) is 3. The van der Waals surface area contributed by atoms with Crippen molar-refractivity contribution in [1.82, 2.24) is 19.8 Å². The Bertz CT molecular complexity index is 1670. The number of aromatic nitrogens is 2. The van der Waals surface area contributed by atoms with Gasteiger partial charge in [0.25, 0.3) is 5.56 Å². The normalized spacial score (nSPS) is 28.5. The average Bonchev–Trinajstić information content (AvgIpc) is 2.93. The standard InChI is InChI=1S/C33H42Cl2N6O2/c1-18-16-40(17-19(2)36-18)31(38-28-13-22-12-26(20(28)3)33(22,4)5)37-24-8-9-25-29(15-24)39-32(43)41(30(25)42)11-10-21-6-7-23(34)14-27(21)35/h6-9,14-15,18-20,22,26,28,36H,10-13,16-17H2,1-5H3,(H,37,38)(H,39,43)/t18-,19+,20-,22-,26+,28-/m0/s1. The fourth-order valence-corrected chi connectivity index (χ4v) is 8.27. The quantitative estimate of drug-likeness (QED) is 0.248. The largest absolute Gasteiger partial charge is 0.340 e. The van der Waals surface area contributed by atoms with Gasteiger partial charge in [0.2, 0.25) is 0 Å². The monoisotopic (exact) mass is 624 g/mol. The fraction of sp³-hybridized carbons (Fsp3) is 0.545. The van der Waals surface area contributed by atoms with Crippen LogP contribution in [0.5, 0.6) is 0 Å². The summed E-state index contributed by atoms with van der Waals surface area (Å²) in [7, 11) is 0. The van der Waals surface area contributed by atoms with E-state index in [0.717, 1.165) is 36.7 Å². The van der Waals surface area contributed by atoms with Gasteiger partial charge in [-0.15, -0.1) is 0 Å². The summed E-state index contributed by atoms with van der Waals surface area (Å²) in [5, 5.41) is 8.74. The highest BCUT2D eigenvalue weighted by Crippen LogP contribution is 2.61. The summed E-state index contributed by atoms with van der Waals surface area (Å²) in [6.45, 7) is 13.5. The number of piperazine rings is 1. The first-order valence-corrected chi connectivity index (χ1v) is 16.2. The Labute approximate surface area is 262 Å². The highest BCUT2D eigenvalue weighted by Gasteiger charge is 2.56. The maximum Gasteiger partial charge on any atom is 0.328 e. The number of benzene rings is 2. The van der Waals surface area contributed by atoms with Crippen molar-refractivity contribution < 1.29 is 0 Å². The van der Waals surface area contributed by atoms with Crippen LogP contribution in [-0.4, -0.2) is 51.6 Å². The summed E-state index contributed by atoms with van der Waals surface area (Å²) in [4.78, 5) is 37.1. The molecule has 2 bridgehead atoms. The first-order chi connectivity index (χ1) is 20.4. The number of H-pyrrole nitrogens is 1. The van der Waals surface area contributed by atoms with E-state index in [9.17, 15) is 9.59 Å². The molecule has 0 spiro atoms. The molecule has 3 N–H and O–H groups in total. The van der Waals surface area contributed by atoms with Crippen LogP contribution in [0.2, 0.25) is 10.0 Å². The zero-order chi connectivity index (χ0) is 30.6. The van der Waals surface area contributed by atoms with Crippen molar-refractivity contribution in [2.24, 2.45) is 28.2 Å². The Hall–Kier alpha value is -2.81. The molecule has 2 heterocycles. The lowest BCUT2D eigenvalue weighted by atomic mass is 9.45. The van der Waals surface area contributed by atoms with Crippen LogP contribution in [0.1, 0.15) is 53.0 Å². The number of halogens is 2. The third-order valence-corrected chi connectivity index (χ3v) is 10.9. The molecule has 1 aromatic heterocycles. The molecule has 0 amide bonds. The predicted octanol–water partition coefficient (Wildman–Crippen LogP) is 5.76. The summed E-state index contributed by atoms with van der Waals surface area (Å²) >= 11 is 12.3. The van der Waals surface area contributed by atoms with E-state index in [0.29, 0.717) is 62.6 Å². The lowest BCUT2D eigenvalue weighted by molar-refractivity contribution is -0.108. The molecule has 4 aliphatic rings. The van der Waals surface area contributed by atoms with E-state index >= 15 is 0 Å². The first kappa shape index (κ1) is 30.2. The molecule has 2 aromatic carbocycles. The van der Waals surface area contributed by atoms with Crippen LogP contribution in [0.4, 0.5) is 5.69 Å². The molecule has 230 valence electrons. The van der Waals surface area contributed by atoms with Gasteiger partial charge in [0.1, 0.15) is 0 Å². The molecule has 1 aliphatic heterocycles. The second-order valence-electron chi connectivity index (χ2n) is 13.6. The van der Waals surface area contributed by atoms with Gasteiger partial charge in [0, 0.05) is 47.5 Å². The number of hydrogen-bond donors (Lipinski definition) is 3. The molecular formula is C33H42Cl2N6O2. The molecule has 0 radical (unpaired) electrons. The number of aryl methyl sites for hydroxylation is 1. The van der Waals surface area contributed by atoms with Crippen LogP contribution in [0.25, 0.3) is 10.9 Å². The highest BCUT2D eigenvalue weighted by molar-refractivity contribution is 6.35. The number of aliphatic imine (C=N–C) groups is 1. The molecule has 3 saturated carbocycles. The van der Waals surface area contributed by atoms with Gasteiger partial charge < -0.3 is 20.5 Å². The minimum atomic E-state index is -0.448. The van der Waals surface area contributed by atoms with Crippen LogP contribution in [0.15, 0.2) is 51.0 Å². The van der Waals surface area contributed by atoms with Crippen molar-refractivity contribution in [2.45, 2.75) is 78.6 Å². The molecule has 43 heavy (non-hydrogen) atoms. The minimum Gasteiger partial charge on any atom is -0.340 e. The molecule has 8 nitrogen and oxygen atoms in total. The van der Waals surface area contributed by atoms with Crippen molar-refractivity contribution in [3.05, 3.63) is 72.8 Å². The summed E-state index contributed by atoms with van der Waals surface area (Å²) < 4.78 is 1.23. The van der Waals surface area contributed by atoms with E-state index in [1.54, 1.807) is 18.2 Å². The molecule has 7 rings (SSSR count). The number of aromatic amines is 1. The van der Waals surface area contributed by atoms with Gasteiger partial charge in [-0.1, -0.05) is 50.0 Å². The lowest BCUT2D eigenvalue weighted by Crippen LogP contribution is -2.59. The maximum absolute atomic E-state index is 13.4. The second kappa shape index (κ2) is 11.6. The Morgan fingerprint density at radius 1 is 1.05 bits per heavy atom. The van der Waals surface area contributed by atoms with E-state index in [2.05, 4.69) is 55.1 Å². The first-order valence-electron chi connectivity index (χ1n) is 15.5. The number of anilines is 1. The summed E-state index contributed by atoms with van der Waals surface area (Å²) in [5.41, 5.74) is 1.74. The maximum atomic E-state index is 13.4. The number of rotatable bonds is 5. The minimum absolute atomic E-state index is 0.208. The van der Waals surface area contributed by atoms with Gasteiger partial charge in [-0.05, 0) is 92.2 Å². The van der Waals surface area contributed by atoms with Gasteiger partial charge in [-0.2, -0.15) is 0 Å². The number of nitrogens with zero attached hydrogens (tertiary/aromatic N) is 3. The lowest BCUT2D eigenvalue weighted by Gasteiger charge is -2.61. The number of hydrogen-bond acceptors (Lipinski definition) is 4. The third-order valence-electron chi connectivity index (χ3n) is 10.3. The van der Waals surface area contributed by atoms with Crippen LogP contribution in [-0.2, 0) is 13.0 Å². The molecule has 1 saturated heterocycles. The Balaban J connectivity index is 1.28. The Morgan fingerprint density at radius 2 is 1.79 bits per heavy atom. The van der Waals surface area contributed by atoms with Gasteiger partial charge in [-0.3, -0.25) is 9.36 Å². The molecule has 6 atom stereocenters. The van der Waals surface area contributed by atoms with E-state index < -0.39 is 5.69 Å². The molecule has 10 heteroatoms. The van der Waals surface area contributed by atoms with Crippen LogP contribution >= 0.6 is 23.2 Å². The van der Waals surface area contributed by atoms with Crippen molar-refractivity contribution in [3.8, 4) is 0 Å². The van der Waals surface area contributed by atoms with E-state index in [1.807, 2.05) is 18.2 Å². The van der Waals surface area contributed by atoms with Crippen molar-refractivity contribution in [2.75, 3.05) is 18.4 Å². The van der Waals surface area contributed by atoms with Gasteiger partial charge >= 0.3 is 5.69 Å². The van der Waals surface area contributed by atoms with E-state index in [4.69, 9.17) is 28.2 Å². The van der Waals surface area contributed by atoms with Crippen molar-refractivity contribution >= 4 is 45.8 Å². The summed E-state index contributed by atoms with van der Waals surface area (Å²) in [5.74, 6) is 2.80. The van der Waals surface area contributed by atoms with Crippen LogP contribution < -0.4 is 21.9 Å². The molecular weight excluding hydrogens is 583 g/mol. The molecule has 3 aromatic rings. The zero-order valence-corrected chi connectivity index (χ0v) is 27.1. The summed E-state index contributed by atoms with van der Waals surface area (Å²) in [6, 6.07) is 11.7. The van der Waals surface area contributed by atoms with Crippen LogP contribution in [0, 0.1) is 23.2 Å². The number of guanidine groups is 1. The molecule has 0 unspecified atom stereocenters. The van der Waals surface area contributed by atoms with Crippen LogP contribution in [0.3, 0.4) is 0 Å². The average molecular weight is 626 g/mol. The predicted molar refractivity (Wildman–Crippen MR) is 177 cm³/mol. The van der Waals surface area contributed by atoms with Gasteiger partial charge in [0.15, 0.2) is 5.96 Å². The van der Waals surface area contributed by atoms with E-state index in [1.165, 1.54) is 11.0 Å². The van der Waals surface area contributed by atoms with Crippen molar-refractivity contribution in [3.63, 3.8) is 0 Å². The zero-order valence-electron chi connectivity index (χ0n) is 25.6. The Kier molecular flexibility index (Phi) is 8.16. The SMILES string of the molecule is C[C@@H]1[C@@H](N=C(Nc2ccc3c(=O)n(CCc4ccc(Cl)cc4Cl)c(=O)[nH]c3c2)N2C[C@@H](C)N[C@@H](C)C2)C[C@@H]2C[C@H]1C2(C)C. The van der Waals surface area contributed by atoms with Crippen molar-refractivity contribution in [1.29, 1.82) is 0 Å². The summed E-state index contributed by atoms with van der Waals surface area (Å²) in [6.07, 6.45) is 2.86. The number of fused-ring (bicyclic) bond motifs is 3. The molecule has 4 fully saturated rings. The van der Waals surface area contributed by atoms with Gasteiger partial charge in [-0.25, -0.2) is 9.79 Å². The fourth-order valence-electron chi connectivity index (χ4n) is 7.76. The van der Waals surface area contributed by atoms with E-state index in [-0.39, 0.29) is 18.1 Å². The van der Waals surface area contributed by atoms with Gasteiger partial charge in [0.05, 0.1) is 16.9 Å².